The summed E-state index contributed by atoms with van der Waals surface area (Å²) in [5.41, 5.74) is 9.55. The quantitative estimate of drug-likeness (QED) is 0.145. The normalized spacial score (nSPS) is 12.1. The fourth-order valence-corrected chi connectivity index (χ4v) is 4.51. The van der Waals surface area contributed by atoms with E-state index in [0.29, 0.717) is 0 Å². The molecule has 1 aromatic heterocycles. The summed E-state index contributed by atoms with van der Waals surface area (Å²) in [5, 5.41) is 2.50. The van der Waals surface area contributed by atoms with Gasteiger partial charge in [0.05, 0.1) is 0 Å². The van der Waals surface area contributed by atoms with Crippen molar-refractivity contribution < 1.29 is 31.5 Å². The van der Waals surface area contributed by atoms with Crippen LogP contribution in [0.25, 0.3) is 21.8 Å². The molecule has 0 saturated heterocycles. The van der Waals surface area contributed by atoms with Gasteiger partial charge in [0.25, 0.3) is 12.4 Å². The van der Waals surface area contributed by atoms with Gasteiger partial charge in [0.2, 0.25) is 11.4 Å². The number of aryl methyl sites for hydroxylation is 4. The third-order valence-corrected chi connectivity index (χ3v) is 5.89. The molecule has 5 aromatic rings. The molecule has 0 fully saturated rings. The molecular formula is C31H28AuN3+2. The maximum atomic E-state index is 4.52. The van der Waals surface area contributed by atoms with Gasteiger partial charge in [0.15, 0.2) is 0 Å². The van der Waals surface area contributed by atoms with E-state index in [4.69, 9.17) is 0 Å². The first-order chi connectivity index (χ1) is 16.5. The molecule has 6 rings (SSSR count). The minimum atomic E-state index is 0. The van der Waals surface area contributed by atoms with E-state index in [1.807, 2.05) is 33.7 Å². The molecule has 0 atom stereocenters. The Hall–Kier alpha value is -3.46. The zero-order valence-corrected chi connectivity index (χ0v) is 22.5. The third kappa shape index (κ3) is 5.45. The Bertz CT molecular complexity index is 1480. The number of hydrogen-bond acceptors (Lipinski definition) is 0. The van der Waals surface area contributed by atoms with Gasteiger partial charge in [0, 0.05) is 24.3 Å². The molecule has 0 aliphatic carbocycles. The van der Waals surface area contributed by atoms with Crippen LogP contribution in [0.5, 0.6) is 0 Å². The van der Waals surface area contributed by atoms with Gasteiger partial charge < -0.3 is 4.98 Å². The number of para-hydroxylation sites is 2. The van der Waals surface area contributed by atoms with E-state index < -0.39 is 0 Å². The Kier molecular flexibility index (Phi) is 7.35. The molecule has 0 bridgehead atoms. The monoisotopic (exact) mass is 639 g/mol. The first-order valence-corrected chi connectivity index (χ1v) is 11.6. The van der Waals surface area contributed by atoms with E-state index >= 15 is 0 Å². The van der Waals surface area contributed by atoms with E-state index in [0.717, 1.165) is 22.4 Å². The van der Waals surface area contributed by atoms with Crippen LogP contribution in [0.4, 0.5) is 11.4 Å². The fraction of sp³-hybridized carbons (Fsp3) is 0.129. The van der Waals surface area contributed by atoms with Gasteiger partial charge >= 0.3 is 28.4 Å². The summed E-state index contributed by atoms with van der Waals surface area (Å²) in [6, 6.07) is 32.9. The topological polar surface area (TPSA) is 20.1 Å². The largest absolute Gasteiger partial charge is 1.00 e. The molecule has 2 heterocycles. The smallest absolute Gasteiger partial charge is 0.657 e. The second-order valence-electron chi connectivity index (χ2n) is 8.98. The molecule has 0 radical (unpaired) electrons. The van der Waals surface area contributed by atoms with Crippen LogP contribution >= 0.6 is 0 Å². The average Bonchev–Trinajstić information content (AvgIpc) is 3.44. The van der Waals surface area contributed by atoms with Crippen LogP contribution in [-0.2, 0) is 22.4 Å². The van der Waals surface area contributed by atoms with Crippen molar-refractivity contribution in [3.63, 3.8) is 0 Å². The van der Waals surface area contributed by atoms with E-state index in [2.05, 4.69) is 111 Å². The number of fused-ring (bicyclic) bond motifs is 3. The second kappa shape index (κ2) is 10.4. The zero-order chi connectivity index (χ0) is 23.7. The van der Waals surface area contributed by atoms with Gasteiger partial charge in [-0.05, 0) is 60.7 Å². The Morgan fingerprint density at radius 1 is 0.543 bits per heavy atom. The zero-order valence-electron chi connectivity index (χ0n) is 20.4. The van der Waals surface area contributed by atoms with E-state index in [9.17, 15) is 0 Å². The van der Waals surface area contributed by atoms with Crippen LogP contribution in [0.1, 0.15) is 22.3 Å². The molecule has 35 heavy (non-hydrogen) atoms. The van der Waals surface area contributed by atoms with Crippen LogP contribution in [0.2, 0.25) is 0 Å². The van der Waals surface area contributed by atoms with Gasteiger partial charge in [-0.2, -0.15) is 0 Å². The SMILES string of the molecule is Cc1cc(C)cc([N+]2=C=[N+](c3cc(C)cc(C)c3)C=C2)c1.[Au+].c1ccc2c(c1)[n-]c1ccccc12. The summed E-state index contributed by atoms with van der Waals surface area (Å²) < 4.78 is 4.08. The van der Waals surface area contributed by atoms with Gasteiger partial charge in [-0.15, -0.1) is 11.0 Å². The molecule has 0 saturated carbocycles. The van der Waals surface area contributed by atoms with Gasteiger partial charge in [-0.25, -0.2) is 0 Å². The maximum absolute atomic E-state index is 4.52. The Labute approximate surface area is 222 Å². The van der Waals surface area contributed by atoms with E-state index in [1.165, 1.54) is 33.0 Å². The van der Waals surface area contributed by atoms with Crippen molar-refractivity contribution in [2.24, 2.45) is 0 Å². The molecule has 0 amide bonds. The van der Waals surface area contributed by atoms with Gasteiger partial charge in [0.1, 0.15) is 0 Å². The summed E-state index contributed by atoms with van der Waals surface area (Å²) >= 11 is 0. The van der Waals surface area contributed by atoms with Gasteiger partial charge in [-0.1, -0.05) is 69.8 Å². The van der Waals surface area contributed by atoms with Crippen molar-refractivity contribution in [3.8, 4) is 0 Å². The van der Waals surface area contributed by atoms with Crippen LogP contribution in [-0.4, -0.2) is 15.2 Å². The predicted molar refractivity (Wildman–Crippen MR) is 141 cm³/mol. The van der Waals surface area contributed by atoms with Crippen molar-refractivity contribution in [2.45, 2.75) is 27.7 Å². The molecule has 3 nitrogen and oxygen atoms in total. The molecule has 0 spiro atoms. The van der Waals surface area contributed by atoms with Crippen LogP contribution in [0.15, 0.2) is 97.3 Å². The number of hydrogen-bond donors (Lipinski definition) is 0. The minimum absolute atomic E-state index is 0. The molecule has 4 aromatic carbocycles. The summed E-state index contributed by atoms with van der Waals surface area (Å²) in [7, 11) is 0. The molecule has 0 N–H and O–H groups in total. The first kappa shape index (κ1) is 24.7. The standard InChI is InChI=1S/C19H20N2.C12H8N.Au/c1-14-7-15(2)10-18(9-14)20-5-6-21(13-20)19-11-16(3)8-17(4)12-19;1-3-7-11-9(5-1)10-6-2-4-8-12(10)13-11;/h5-12H,1-4H3;1-8H;/q+2;-1;+1. The third-order valence-electron chi connectivity index (χ3n) is 5.89. The fourth-order valence-electron chi connectivity index (χ4n) is 4.51. The number of benzene rings is 4. The molecule has 1 aliphatic rings. The Morgan fingerprint density at radius 2 is 0.914 bits per heavy atom. The molecular weight excluding hydrogens is 611 g/mol. The summed E-state index contributed by atoms with van der Waals surface area (Å²) in [6.45, 7) is 8.49. The maximum Gasteiger partial charge on any atom is 1.00 e. The second-order valence-corrected chi connectivity index (χ2v) is 8.98. The predicted octanol–water partition coefficient (Wildman–Crippen LogP) is 7.51. The van der Waals surface area contributed by atoms with Gasteiger partial charge in [-0.3, -0.25) is 0 Å². The molecule has 176 valence electrons. The molecule has 4 heteroatoms. The van der Waals surface area contributed by atoms with E-state index in [-0.39, 0.29) is 22.4 Å². The molecule has 0 unspecified atom stereocenters. The van der Waals surface area contributed by atoms with Crippen molar-refractivity contribution in [2.75, 3.05) is 0 Å². The van der Waals surface area contributed by atoms with Crippen molar-refractivity contribution >= 4 is 39.2 Å². The Morgan fingerprint density at radius 3 is 1.31 bits per heavy atom. The van der Waals surface area contributed by atoms with Crippen molar-refractivity contribution in [3.05, 3.63) is 120 Å². The number of rotatable bonds is 2. The molecule has 1 aliphatic heterocycles. The number of aromatic nitrogens is 1. The number of nitrogens with zero attached hydrogens (tertiary/aromatic N) is 3. The Balaban J connectivity index is 0.000000177. The van der Waals surface area contributed by atoms with E-state index in [1.54, 1.807) is 0 Å². The summed E-state index contributed by atoms with van der Waals surface area (Å²) in [4.78, 5) is 4.52. The first-order valence-electron chi connectivity index (χ1n) is 11.6. The van der Waals surface area contributed by atoms with Crippen LogP contribution in [0.3, 0.4) is 0 Å². The minimum Gasteiger partial charge on any atom is -0.657 e. The van der Waals surface area contributed by atoms with Crippen LogP contribution < -0.4 is 4.98 Å². The van der Waals surface area contributed by atoms with Crippen LogP contribution in [0, 0.1) is 27.7 Å². The summed E-state index contributed by atoms with van der Waals surface area (Å²) in [6.07, 6.45) is 4.10. The van der Waals surface area contributed by atoms with Crippen molar-refractivity contribution in [1.29, 1.82) is 0 Å². The van der Waals surface area contributed by atoms with Crippen molar-refractivity contribution in [1.82, 2.24) is 4.98 Å². The average molecular weight is 640 g/mol. The summed E-state index contributed by atoms with van der Waals surface area (Å²) in [5.74, 6) is 0.